The van der Waals surface area contributed by atoms with E-state index in [2.05, 4.69) is 20.8 Å². The molecule has 2 fully saturated rings. The molecule has 0 bridgehead atoms. The van der Waals surface area contributed by atoms with Crippen molar-refractivity contribution < 1.29 is 14.3 Å². The standard InChI is InChI=1S/C18H27ClN6O4/c1-25-10-11(19)8-22-17(25)15(16(20)24-27)18(26)23-13-9-21-5-2-14(13)29-12-3-6-28-7-4-12/h2,5,9,11-12,15-17,22H,3-4,6-8,10,20H2,1H3,(H,23,26). The summed E-state index contributed by atoms with van der Waals surface area (Å²) in [5.41, 5.74) is 6.30. The van der Waals surface area contributed by atoms with E-state index in [1.807, 2.05) is 11.9 Å². The van der Waals surface area contributed by atoms with Crippen molar-refractivity contribution in [2.45, 2.75) is 36.7 Å². The second kappa shape index (κ2) is 10.3. The zero-order chi connectivity index (χ0) is 20.8. The summed E-state index contributed by atoms with van der Waals surface area (Å²) in [5, 5.41) is 8.79. The molecule has 4 unspecified atom stereocenters. The van der Waals surface area contributed by atoms with E-state index >= 15 is 0 Å². The molecule has 2 aliphatic rings. The lowest BCUT2D eigenvalue weighted by molar-refractivity contribution is -0.123. The predicted octanol–water partition coefficient (Wildman–Crippen LogP) is 0.714. The highest BCUT2D eigenvalue weighted by atomic mass is 35.5. The summed E-state index contributed by atoms with van der Waals surface area (Å²) in [5.74, 6) is -0.852. The molecule has 0 radical (unpaired) electrons. The summed E-state index contributed by atoms with van der Waals surface area (Å²) in [7, 11) is 1.81. The van der Waals surface area contributed by atoms with Crippen LogP contribution in [0.5, 0.6) is 5.75 Å². The van der Waals surface area contributed by atoms with Crippen LogP contribution in [0.4, 0.5) is 5.69 Å². The predicted molar refractivity (Wildman–Crippen MR) is 109 cm³/mol. The van der Waals surface area contributed by atoms with Gasteiger partial charge in [0.05, 0.1) is 31.0 Å². The molecule has 1 aromatic rings. The van der Waals surface area contributed by atoms with Gasteiger partial charge in [-0.3, -0.25) is 20.0 Å². The first kappa shape index (κ1) is 21.8. The Hall–Kier alpha value is -1.85. The Kier molecular flexibility index (Phi) is 7.73. The highest BCUT2D eigenvalue weighted by Crippen LogP contribution is 2.28. The second-order valence-corrected chi connectivity index (χ2v) is 7.92. The van der Waals surface area contributed by atoms with Crippen LogP contribution in [0.25, 0.3) is 0 Å². The van der Waals surface area contributed by atoms with Crippen LogP contribution in [0.1, 0.15) is 12.8 Å². The van der Waals surface area contributed by atoms with Crippen molar-refractivity contribution in [2.24, 2.45) is 16.8 Å². The molecule has 0 aromatic carbocycles. The number of carbonyl (C=O) groups excluding carboxylic acids is 1. The average molecular weight is 427 g/mol. The van der Waals surface area contributed by atoms with Crippen molar-refractivity contribution in [1.29, 1.82) is 0 Å². The van der Waals surface area contributed by atoms with Crippen molar-refractivity contribution in [3.63, 3.8) is 0 Å². The zero-order valence-corrected chi connectivity index (χ0v) is 17.0. The fraction of sp³-hybridized carbons (Fsp3) is 0.667. The number of anilines is 1. The van der Waals surface area contributed by atoms with Gasteiger partial charge in [-0.15, -0.1) is 16.5 Å². The number of amides is 1. The monoisotopic (exact) mass is 426 g/mol. The number of halogens is 1. The van der Waals surface area contributed by atoms with E-state index in [-0.39, 0.29) is 11.5 Å². The van der Waals surface area contributed by atoms with Crippen LogP contribution in [0.3, 0.4) is 0 Å². The molecule has 160 valence electrons. The topological polar surface area (TPSA) is 131 Å². The lowest BCUT2D eigenvalue weighted by Gasteiger charge is -2.40. The molecule has 29 heavy (non-hydrogen) atoms. The third-order valence-corrected chi connectivity index (χ3v) is 5.44. The van der Waals surface area contributed by atoms with E-state index in [4.69, 9.17) is 26.8 Å². The molecule has 0 saturated carbocycles. The minimum Gasteiger partial charge on any atom is -0.488 e. The van der Waals surface area contributed by atoms with Gasteiger partial charge in [0.1, 0.15) is 23.5 Å². The summed E-state index contributed by atoms with van der Waals surface area (Å²) in [6, 6.07) is 1.70. The summed E-state index contributed by atoms with van der Waals surface area (Å²) in [4.78, 5) is 30.2. The van der Waals surface area contributed by atoms with Gasteiger partial charge in [-0.2, -0.15) is 0 Å². The van der Waals surface area contributed by atoms with Crippen LogP contribution in [0, 0.1) is 10.8 Å². The molecule has 4 N–H and O–H groups in total. The van der Waals surface area contributed by atoms with Crippen LogP contribution < -0.4 is 21.1 Å². The number of hydrogen-bond acceptors (Lipinski definition) is 9. The fourth-order valence-corrected chi connectivity index (χ4v) is 3.92. The Morgan fingerprint density at radius 1 is 1.52 bits per heavy atom. The number of ether oxygens (including phenoxy) is 2. The normalized spacial score (nSPS) is 25.8. The minimum absolute atomic E-state index is 0.00305. The van der Waals surface area contributed by atoms with Crippen LogP contribution in [-0.2, 0) is 9.53 Å². The van der Waals surface area contributed by atoms with Crippen LogP contribution in [0.15, 0.2) is 23.6 Å². The summed E-state index contributed by atoms with van der Waals surface area (Å²) >= 11 is 6.16. The summed E-state index contributed by atoms with van der Waals surface area (Å²) in [6.07, 6.45) is 2.95. The smallest absolute Gasteiger partial charge is 0.234 e. The molecule has 2 aliphatic heterocycles. The maximum atomic E-state index is 13.1. The Morgan fingerprint density at radius 2 is 2.28 bits per heavy atom. The molecule has 3 heterocycles. The van der Waals surface area contributed by atoms with E-state index in [0.29, 0.717) is 37.7 Å². The molecule has 2 saturated heterocycles. The molecule has 1 amide bonds. The second-order valence-electron chi connectivity index (χ2n) is 7.30. The lowest BCUT2D eigenvalue weighted by atomic mass is 9.98. The maximum Gasteiger partial charge on any atom is 0.234 e. The number of aromatic nitrogens is 1. The lowest BCUT2D eigenvalue weighted by Crippen LogP contribution is -2.62. The van der Waals surface area contributed by atoms with Crippen LogP contribution in [0.2, 0.25) is 0 Å². The van der Waals surface area contributed by atoms with Gasteiger partial charge in [0.25, 0.3) is 0 Å². The van der Waals surface area contributed by atoms with E-state index in [9.17, 15) is 9.70 Å². The SMILES string of the molecule is CN1CC(Cl)CNC1C(C(=O)Nc1cnccc1OC1CCOCC1)C(N)N=O. The zero-order valence-electron chi connectivity index (χ0n) is 16.3. The molecule has 11 heteroatoms. The Labute approximate surface area is 174 Å². The Balaban J connectivity index is 1.75. The van der Waals surface area contributed by atoms with Gasteiger partial charge in [0.2, 0.25) is 5.91 Å². The molecule has 0 spiro atoms. The van der Waals surface area contributed by atoms with Gasteiger partial charge in [0.15, 0.2) is 6.17 Å². The van der Waals surface area contributed by atoms with Gasteiger partial charge in [-0.1, -0.05) is 5.18 Å². The van der Waals surface area contributed by atoms with E-state index < -0.39 is 24.2 Å². The van der Waals surface area contributed by atoms with Crippen LogP contribution >= 0.6 is 11.6 Å². The molecular formula is C18H27ClN6O4. The first-order chi connectivity index (χ1) is 14.0. The molecule has 3 rings (SSSR count). The van der Waals surface area contributed by atoms with Crippen molar-refractivity contribution in [3.8, 4) is 5.75 Å². The van der Waals surface area contributed by atoms with Crippen molar-refractivity contribution in [3.05, 3.63) is 23.4 Å². The molecule has 10 nitrogen and oxygen atoms in total. The molecule has 1 aromatic heterocycles. The number of alkyl halides is 1. The van der Waals surface area contributed by atoms with Crippen molar-refractivity contribution in [1.82, 2.24) is 15.2 Å². The quantitative estimate of drug-likeness (QED) is 0.429. The van der Waals surface area contributed by atoms with Crippen molar-refractivity contribution >= 4 is 23.2 Å². The number of carbonyl (C=O) groups is 1. The number of pyridine rings is 1. The molecule has 4 atom stereocenters. The largest absolute Gasteiger partial charge is 0.488 e. The number of hydrogen-bond donors (Lipinski definition) is 3. The molecule has 0 aliphatic carbocycles. The number of nitroso groups, excluding NO2 is 1. The minimum atomic E-state index is -1.22. The average Bonchev–Trinajstić information content (AvgIpc) is 2.72. The maximum absolute atomic E-state index is 13.1. The van der Waals surface area contributed by atoms with E-state index in [1.165, 1.54) is 6.20 Å². The van der Waals surface area contributed by atoms with Crippen molar-refractivity contribution in [2.75, 3.05) is 38.7 Å². The van der Waals surface area contributed by atoms with Gasteiger partial charge < -0.3 is 20.5 Å². The third kappa shape index (κ3) is 5.61. The summed E-state index contributed by atoms with van der Waals surface area (Å²) < 4.78 is 11.4. The first-order valence-electron chi connectivity index (χ1n) is 9.64. The molecular weight excluding hydrogens is 400 g/mol. The number of nitrogens with one attached hydrogen (secondary N) is 2. The first-order valence-corrected chi connectivity index (χ1v) is 10.1. The Bertz CT molecular complexity index is 705. The summed E-state index contributed by atoms with van der Waals surface area (Å²) in [6.45, 7) is 2.33. The van der Waals surface area contributed by atoms with Crippen LogP contribution in [-0.4, -0.2) is 73.0 Å². The number of nitrogens with two attached hydrogens (primary N) is 1. The van der Waals surface area contributed by atoms with E-state index in [1.54, 1.807) is 12.3 Å². The highest BCUT2D eigenvalue weighted by molar-refractivity contribution is 6.21. The van der Waals surface area contributed by atoms with Gasteiger partial charge in [0, 0.05) is 38.2 Å². The fourth-order valence-electron chi connectivity index (χ4n) is 3.61. The van der Waals surface area contributed by atoms with Gasteiger partial charge in [-0.05, 0) is 7.05 Å². The number of rotatable bonds is 7. The third-order valence-electron chi connectivity index (χ3n) is 5.14. The van der Waals surface area contributed by atoms with Gasteiger partial charge >= 0.3 is 0 Å². The Morgan fingerprint density at radius 3 is 2.97 bits per heavy atom. The van der Waals surface area contributed by atoms with E-state index in [0.717, 1.165) is 12.8 Å². The highest BCUT2D eigenvalue weighted by Gasteiger charge is 2.40. The number of nitrogens with zero attached hydrogens (tertiary/aromatic N) is 3. The van der Waals surface area contributed by atoms with Gasteiger partial charge in [-0.25, -0.2) is 0 Å².